The first kappa shape index (κ1) is 8.27. The Bertz CT molecular complexity index is 177. The van der Waals surface area contributed by atoms with Crippen LogP contribution in [-0.4, -0.2) is 37.1 Å². The molecule has 2 nitrogen and oxygen atoms in total. The van der Waals surface area contributed by atoms with E-state index in [9.17, 15) is 0 Å². The first-order valence-electron chi connectivity index (χ1n) is 4.97. The highest BCUT2D eigenvalue weighted by atomic mass is 15.2. The van der Waals surface area contributed by atoms with Crippen molar-refractivity contribution in [2.75, 3.05) is 26.2 Å². The summed E-state index contributed by atoms with van der Waals surface area (Å²) in [7, 11) is 0. The van der Waals surface area contributed by atoms with Crippen LogP contribution < -0.4 is 5.32 Å². The Balaban J connectivity index is 1.90. The molecule has 0 amide bonds. The highest BCUT2D eigenvalue weighted by Crippen LogP contribution is 2.26. The molecule has 0 aliphatic carbocycles. The monoisotopic (exact) mass is 166 g/mol. The van der Waals surface area contributed by atoms with E-state index >= 15 is 0 Å². The zero-order valence-electron chi connectivity index (χ0n) is 7.79. The van der Waals surface area contributed by atoms with E-state index in [-0.39, 0.29) is 0 Å². The molecule has 0 radical (unpaired) electrons. The summed E-state index contributed by atoms with van der Waals surface area (Å²) in [6, 6.07) is 0.834. The van der Waals surface area contributed by atoms with E-state index in [0.29, 0.717) is 0 Å². The standard InChI is InChI=1S/C10H18N2/c1-2-3-5-12-6-4-9-7-11-8-10(9)12/h2-3,9-11H,4-8H2,1H3/b3-2+/t9-,10+/m1/s1. The lowest BCUT2D eigenvalue weighted by Crippen LogP contribution is -2.34. The number of hydrogen-bond acceptors (Lipinski definition) is 2. The number of nitrogens with one attached hydrogen (secondary N) is 1. The minimum Gasteiger partial charge on any atom is -0.315 e. The lowest BCUT2D eigenvalue weighted by Gasteiger charge is -2.20. The van der Waals surface area contributed by atoms with Crippen molar-refractivity contribution in [1.29, 1.82) is 0 Å². The first-order valence-corrected chi connectivity index (χ1v) is 4.97. The van der Waals surface area contributed by atoms with Gasteiger partial charge in [-0.1, -0.05) is 12.2 Å². The third-order valence-corrected chi connectivity index (χ3v) is 3.14. The van der Waals surface area contributed by atoms with E-state index in [2.05, 4.69) is 29.3 Å². The van der Waals surface area contributed by atoms with Gasteiger partial charge in [-0.2, -0.15) is 0 Å². The fourth-order valence-corrected chi connectivity index (χ4v) is 2.41. The van der Waals surface area contributed by atoms with Crippen LogP contribution in [0.4, 0.5) is 0 Å². The van der Waals surface area contributed by atoms with Crippen LogP contribution in [0.2, 0.25) is 0 Å². The van der Waals surface area contributed by atoms with Crippen molar-refractivity contribution in [2.24, 2.45) is 5.92 Å². The van der Waals surface area contributed by atoms with Gasteiger partial charge in [0, 0.05) is 19.1 Å². The second-order valence-electron chi connectivity index (χ2n) is 3.84. The average Bonchev–Trinajstić information content (AvgIpc) is 2.62. The van der Waals surface area contributed by atoms with Crippen LogP contribution in [0.25, 0.3) is 0 Å². The molecule has 2 aliphatic rings. The SMILES string of the molecule is C/C=C/CN1CC[C@@H]2CNC[C@@H]21. The number of nitrogens with zero attached hydrogens (tertiary/aromatic N) is 1. The summed E-state index contributed by atoms with van der Waals surface area (Å²) in [5.74, 6) is 0.940. The molecular formula is C10H18N2. The Hall–Kier alpha value is -0.340. The molecule has 12 heavy (non-hydrogen) atoms. The van der Waals surface area contributed by atoms with Gasteiger partial charge in [0.2, 0.25) is 0 Å². The van der Waals surface area contributed by atoms with Gasteiger partial charge >= 0.3 is 0 Å². The molecular weight excluding hydrogens is 148 g/mol. The van der Waals surface area contributed by atoms with Crippen molar-refractivity contribution in [3.8, 4) is 0 Å². The number of allylic oxidation sites excluding steroid dienone is 1. The Morgan fingerprint density at radius 3 is 3.25 bits per heavy atom. The summed E-state index contributed by atoms with van der Waals surface area (Å²) in [6.45, 7) is 7.01. The second kappa shape index (κ2) is 3.58. The predicted molar refractivity (Wildman–Crippen MR) is 51.2 cm³/mol. The van der Waals surface area contributed by atoms with Gasteiger partial charge in [-0.05, 0) is 32.4 Å². The Morgan fingerprint density at radius 1 is 1.50 bits per heavy atom. The summed E-state index contributed by atoms with van der Waals surface area (Å²) in [5.41, 5.74) is 0. The van der Waals surface area contributed by atoms with Crippen LogP contribution >= 0.6 is 0 Å². The maximum atomic E-state index is 3.46. The third kappa shape index (κ3) is 1.41. The van der Waals surface area contributed by atoms with Gasteiger partial charge < -0.3 is 5.32 Å². The zero-order valence-corrected chi connectivity index (χ0v) is 7.79. The van der Waals surface area contributed by atoms with Crippen LogP contribution in [0.1, 0.15) is 13.3 Å². The minimum atomic E-state index is 0.834. The highest BCUT2D eigenvalue weighted by molar-refractivity contribution is 4.97. The molecule has 0 spiro atoms. The lowest BCUT2D eigenvalue weighted by atomic mass is 10.1. The molecule has 1 N–H and O–H groups in total. The van der Waals surface area contributed by atoms with Crippen molar-refractivity contribution in [2.45, 2.75) is 19.4 Å². The molecule has 2 saturated heterocycles. The van der Waals surface area contributed by atoms with Crippen LogP contribution in [0.3, 0.4) is 0 Å². The molecule has 0 unspecified atom stereocenters. The summed E-state index contributed by atoms with van der Waals surface area (Å²) in [6.07, 6.45) is 5.81. The van der Waals surface area contributed by atoms with Crippen molar-refractivity contribution >= 4 is 0 Å². The van der Waals surface area contributed by atoms with Gasteiger partial charge in [0.1, 0.15) is 0 Å². The molecule has 0 bridgehead atoms. The molecule has 2 fully saturated rings. The third-order valence-electron chi connectivity index (χ3n) is 3.14. The van der Waals surface area contributed by atoms with Crippen molar-refractivity contribution in [3.63, 3.8) is 0 Å². The fraction of sp³-hybridized carbons (Fsp3) is 0.800. The van der Waals surface area contributed by atoms with Crippen molar-refractivity contribution < 1.29 is 0 Å². The average molecular weight is 166 g/mol. The molecule has 2 heterocycles. The Labute approximate surface area is 74.6 Å². The van der Waals surface area contributed by atoms with E-state index < -0.39 is 0 Å². The summed E-state index contributed by atoms with van der Waals surface area (Å²) >= 11 is 0. The van der Waals surface area contributed by atoms with Gasteiger partial charge in [-0.15, -0.1) is 0 Å². The van der Waals surface area contributed by atoms with Gasteiger partial charge in [0.25, 0.3) is 0 Å². The van der Waals surface area contributed by atoms with Crippen molar-refractivity contribution in [3.05, 3.63) is 12.2 Å². The molecule has 0 aromatic carbocycles. The van der Waals surface area contributed by atoms with Gasteiger partial charge in [-0.3, -0.25) is 4.90 Å². The van der Waals surface area contributed by atoms with Crippen molar-refractivity contribution in [1.82, 2.24) is 10.2 Å². The molecule has 2 rings (SSSR count). The van der Waals surface area contributed by atoms with Crippen LogP contribution in [0, 0.1) is 5.92 Å². The van der Waals surface area contributed by atoms with E-state index in [1.807, 2.05) is 0 Å². The largest absolute Gasteiger partial charge is 0.315 e. The lowest BCUT2D eigenvalue weighted by molar-refractivity contribution is 0.279. The number of hydrogen-bond donors (Lipinski definition) is 1. The molecule has 68 valence electrons. The summed E-state index contributed by atoms with van der Waals surface area (Å²) in [4.78, 5) is 2.60. The molecule has 2 aliphatic heterocycles. The second-order valence-corrected chi connectivity index (χ2v) is 3.84. The Kier molecular flexibility index (Phi) is 2.47. The van der Waals surface area contributed by atoms with E-state index in [0.717, 1.165) is 18.5 Å². The predicted octanol–water partition coefficient (Wildman–Crippen LogP) is 0.856. The van der Waals surface area contributed by atoms with Crippen LogP contribution in [0.5, 0.6) is 0 Å². The van der Waals surface area contributed by atoms with Gasteiger partial charge in [0.15, 0.2) is 0 Å². The van der Waals surface area contributed by atoms with Crippen LogP contribution in [0.15, 0.2) is 12.2 Å². The quantitative estimate of drug-likeness (QED) is 0.612. The van der Waals surface area contributed by atoms with Gasteiger partial charge in [0.05, 0.1) is 0 Å². The highest BCUT2D eigenvalue weighted by Gasteiger charge is 2.36. The van der Waals surface area contributed by atoms with E-state index in [4.69, 9.17) is 0 Å². The number of rotatable bonds is 2. The fourth-order valence-electron chi connectivity index (χ4n) is 2.41. The Morgan fingerprint density at radius 2 is 2.42 bits per heavy atom. The van der Waals surface area contributed by atoms with Gasteiger partial charge in [-0.25, -0.2) is 0 Å². The first-order chi connectivity index (χ1) is 5.92. The summed E-state index contributed by atoms with van der Waals surface area (Å²) in [5, 5.41) is 3.46. The number of fused-ring (bicyclic) bond motifs is 1. The summed E-state index contributed by atoms with van der Waals surface area (Å²) < 4.78 is 0. The maximum absolute atomic E-state index is 3.46. The van der Waals surface area contributed by atoms with Crippen LogP contribution in [-0.2, 0) is 0 Å². The minimum absolute atomic E-state index is 0.834. The van der Waals surface area contributed by atoms with E-state index in [1.165, 1.54) is 26.1 Å². The maximum Gasteiger partial charge on any atom is 0.0264 e. The van der Waals surface area contributed by atoms with E-state index in [1.54, 1.807) is 0 Å². The molecule has 0 aromatic rings. The topological polar surface area (TPSA) is 15.3 Å². The smallest absolute Gasteiger partial charge is 0.0264 e. The molecule has 2 atom stereocenters. The molecule has 0 saturated carbocycles. The normalized spacial score (nSPS) is 36.4. The zero-order chi connectivity index (χ0) is 8.39. The molecule has 0 aromatic heterocycles. The number of likely N-dealkylation sites (tertiary alicyclic amines) is 1. The molecule has 2 heteroatoms.